The molecule has 1 atom stereocenters. The third kappa shape index (κ3) is 3.27. The Morgan fingerprint density at radius 2 is 2.15 bits per heavy atom. The minimum atomic E-state index is -0.555. The van der Waals surface area contributed by atoms with Crippen LogP contribution >= 0.6 is 0 Å². The lowest BCUT2D eigenvalue weighted by Gasteiger charge is -2.12. The highest BCUT2D eigenvalue weighted by Gasteiger charge is 2.11. The third-order valence-electron chi connectivity index (χ3n) is 2.85. The van der Waals surface area contributed by atoms with E-state index < -0.39 is 6.10 Å². The summed E-state index contributed by atoms with van der Waals surface area (Å²) in [6.07, 6.45) is 0.164. The largest absolute Gasteiger partial charge is 0.493 e. The molecule has 20 heavy (non-hydrogen) atoms. The van der Waals surface area contributed by atoms with Gasteiger partial charge in [0.2, 0.25) is 0 Å². The smallest absolute Gasteiger partial charge is 0.264 e. The van der Waals surface area contributed by atoms with Gasteiger partial charge in [0, 0.05) is 6.42 Å². The Bertz CT molecular complexity index is 566. The normalized spacial score (nSPS) is 12.2. The predicted molar refractivity (Wildman–Crippen MR) is 71.6 cm³/mol. The maximum atomic E-state index is 9.54. The van der Waals surface area contributed by atoms with Gasteiger partial charge in [0.15, 0.2) is 23.9 Å². The number of aryl methyl sites for hydroxylation is 1. The molecular formula is C14H18N2O4. The first kappa shape index (κ1) is 14.3. The number of aliphatic hydroxyl groups is 1. The number of rotatable bonds is 6. The van der Waals surface area contributed by atoms with Gasteiger partial charge >= 0.3 is 0 Å². The fourth-order valence-corrected chi connectivity index (χ4v) is 1.70. The van der Waals surface area contributed by atoms with Gasteiger partial charge < -0.3 is 19.1 Å². The van der Waals surface area contributed by atoms with Gasteiger partial charge in [-0.05, 0) is 24.6 Å². The van der Waals surface area contributed by atoms with Gasteiger partial charge in [0.25, 0.3) is 5.89 Å². The van der Waals surface area contributed by atoms with Crippen molar-refractivity contribution in [2.45, 2.75) is 33.0 Å². The molecule has 1 aromatic heterocycles. The Morgan fingerprint density at radius 3 is 2.75 bits per heavy atom. The lowest BCUT2D eigenvalue weighted by molar-refractivity contribution is 0.198. The van der Waals surface area contributed by atoms with Crippen molar-refractivity contribution in [3.05, 3.63) is 35.5 Å². The maximum absolute atomic E-state index is 9.54. The Kier molecular flexibility index (Phi) is 4.57. The molecule has 0 aliphatic carbocycles. The zero-order chi connectivity index (χ0) is 14.5. The second kappa shape index (κ2) is 6.38. The molecule has 0 saturated heterocycles. The van der Waals surface area contributed by atoms with Crippen molar-refractivity contribution in [2.24, 2.45) is 0 Å². The number of aromatic nitrogens is 2. The van der Waals surface area contributed by atoms with Crippen LogP contribution in [0.4, 0.5) is 0 Å². The van der Waals surface area contributed by atoms with Crippen LogP contribution in [0.2, 0.25) is 0 Å². The van der Waals surface area contributed by atoms with E-state index in [1.54, 1.807) is 32.2 Å². The standard InChI is InChI=1S/C14H18N2O4/c1-4-13-15-14(20-16-13)8-19-11-6-5-10(9(2)17)7-12(11)18-3/h5-7,9,17H,4,8H2,1-3H3. The highest BCUT2D eigenvalue weighted by atomic mass is 16.5. The van der Waals surface area contributed by atoms with Crippen molar-refractivity contribution in [1.29, 1.82) is 0 Å². The van der Waals surface area contributed by atoms with E-state index in [1.165, 1.54) is 0 Å². The second-order valence-electron chi connectivity index (χ2n) is 4.33. The lowest BCUT2D eigenvalue weighted by atomic mass is 10.1. The van der Waals surface area contributed by atoms with Gasteiger partial charge in [-0.3, -0.25) is 0 Å². The summed E-state index contributed by atoms with van der Waals surface area (Å²) < 4.78 is 15.9. The Labute approximate surface area is 117 Å². The van der Waals surface area contributed by atoms with Gasteiger partial charge in [0.1, 0.15) is 0 Å². The Morgan fingerprint density at radius 1 is 1.35 bits per heavy atom. The first-order valence-electron chi connectivity index (χ1n) is 6.44. The summed E-state index contributed by atoms with van der Waals surface area (Å²) in [5.41, 5.74) is 0.764. The molecule has 6 heteroatoms. The minimum Gasteiger partial charge on any atom is -0.493 e. The molecule has 0 fully saturated rings. The molecule has 6 nitrogen and oxygen atoms in total. The first-order valence-corrected chi connectivity index (χ1v) is 6.44. The molecule has 0 saturated carbocycles. The molecule has 0 aliphatic heterocycles. The van der Waals surface area contributed by atoms with Gasteiger partial charge in [-0.25, -0.2) is 0 Å². The molecule has 0 spiro atoms. The summed E-state index contributed by atoms with van der Waals surface area (Å²) in [4.78, 5) is 4.16. The van der Waals surface area contributed by atoms with Crippen LogP contribution in [0.3, 0.4) is 0 Å². The molecular weight excluding hydrogens is 260 g/mol. The number of nitrogens with zero attached hydrogens (tertiary/aromatic N) is 2. The Balaban J connectivity index is 2.08. The number of hydrogen-bond acceptors (Lipinski definition) is 6. The van der Waals surface area contributed by atoms with Crippen molar-refractivity contribution in [1.82, 2.24) is 10.1 Å². The van der Waals surface area contributed by atoms with Crippen molar-refractivity contribution in [3.63, 3.8) is 0 Å². The SMILES string of the molecule is CCc1noc(COc2ccc(C(C)O)cc2OC)n1. The molecule has 1 heterocycles. The minimum absolute atomic E-state index is 0.178. The summed E-state index contributed by atoms with van der Waals surface area (Å²) in [6, 6.07) is 5.27. The highest BCUT2D eigenvalue weighted by Crippen LogP contribution is 2.30. The summed E-state index contributed by atoms with van der Waals surface area (Å²) in [6.45, 7) is 3.82. The highest BCUT2D eigenvalue weighted by molar-refractivity contribution is 5.43. The van der Waals surface area contributed by atoms with Crippen LogP contribution in [0.5, 0.6) is 11.5 Å². The molecule has 2 aromatic rings. The molecule has 108 valence electrons. The van der Waals surface area contributed by atoms with Crippen molar-refractivity contribution in [3.8, 4) is 11.5 Å². The molecule has 0 bridgehead atoms. The monoisotopic (exact) mass is 278 g/mol. The number of benzene rings is 1. The van der Waals surface area contributed by atoms with Gasteiger partial charge in [-0.2, -0.15) is 4.98 Å². The number of methoxy groups -OCH3 is 1. The molecule has 2 rings (SSSR count). The van der Waals surface area contributed by atoms with Crippen LogP contribution in [-0.2, 0) is 13.0 Å². The van der Waals surface area contributed by atoms with Crippen molar-refractivity contribution in [2.75, 3.05) is 7.11 Å². The van der Waals surface area contributed by atoms with E-state index >= 15 is 0 Å². The third-order valence-corrected chi connectivity index (χ3v) is 2.85. The number of hydrogen-bond donors (Lipinski definition) is 1. The summed E-state index contributed by atoms with van der Waals surface area (Å²) in [7, 11) is 1.55. The zero-order valence-electron chi connectivity index (χ0n) is 11.8. The molecule has 0 radical (unpaired) electrons. The van der Waals surface area contributed by atoms with Crippen LogP contribution in [0.1, 0.15) is 37.2 Å². The Hall–Kier alpha value is -2.08. The zero-order valence-corrected chi connectivity index (χ0v) is 11.8. The van der Waals surface area contributed by atoms with Crippen LogP contribution in [0, 0.1) is 0 Å². The van der Waals surface area contributed by atoms with E-state index in [0.29, 0.717) is 23.2 Å². The van der Waals surface area contributed by atoms with E-state index in [-0.39, 0.29) is 6.61 Å². The fourth-order valence-electron chi connectivity index (χ4n) is 1.70. The van der Waals surface area contributed by atoms with Crippen molar-refractivity contribution >= 4 is 0 Å². The quantitative estimate of drug-likeness (QED) is 0.873. The topological polar surface area (TPSA) is 77.6 Å². The molecule has 1 unspecified atom stereocenters. The van der Waals surface area contributed by atoms with Crippen LogP contribution in [0.15, 0.2) is 22.7 Å². The summed E-state index contributed by atoms with van der Waals surface area (Å²) in [5.74, 6) is 2.19. The van der Waals surface area contributed by atoms with Crippen LogP contribution in [0.25, 0.3) is 0 Å². The van der Waals surface area contributed by atoms with Gasteiger partial charge in [-0.1, -0.05) is 18.1 Å². The number of ether oxygens (including phenoxy) is 2. The average Bonchev–Trinajstić information content (AvgIpc) is 2.92. The van der Waals surface area contributed by atoms with Crippen molar-refractivity contribution < 1.29 is 19.1 Å². The average molecular weight is 278 g/mol. The molecule has 0 amide bonds. The van der Waals surface area contributed by atoms with Gasteiger partial charge in [0.05, 0.1) is 13.2 Å². The summed E-state index contributed by atoms with van der Waals surface area (Å²) in [5, 5.41) is 13.3. The van der Waals surface area contributed by atoms with E-state index in [4.69, 9.17) is 14.0 Å². The van der Waals surface area contributed by atoms with E-state index in [2.05, 4.69) is 10.1 Å². The molecule has 1 aromatic carbocycles. The molecule has 1 N–H and O–H groups in total. The van der Waals surface area contributed by atoms with E-state index in [1.807, 2.05) is 6.92 Å². The van der Waals surface area contributed by atoms with Gasteiger partial charge in [-0.15, -0.1) is 0 Å². The fraction of sp³-hybridized carbons (Fsp3) is 0.429. The van der Waals surface area contributed by atoms with Crippen LogP contribution in [-0.4, -0.2) is 22.4 Å². The predicted octanol–water partition coefficient (Wildman–Crippen LogP) is 2.27. The first-order chi connectivity index (χ1) is 9.63. The second-order valence-corrected chi connectivity index (χ2v) is 4.33. The maximum Gasteiger partial charge on any atom is 0.264 e. The van der Waals surface area contributed by atoms with E-state index in [9.17, 15) is 5.11 Å². The lowest BCUT2D eigenvalue weighted by Crippen LogP contribution is -2.00. The van der Waals surface area contributed by atoms with E-state index in [0.717, 1.165) is 12.0 Å². The molecule has 0 aliphatic rings. The number of aliphatic hydroxyl groups excluding tert-OH is 1. The van der Waals surface area contributed by atoms with Crippen LogP contribution < -0.4 is 9.47 Å². The summed E-state index contributed by atoms with van der Waals surface area (Å²) >= 11 is 0.